The van der Waals surface area contributed by atoms with Crippen molar-refractivity contribution in [2.45, 2.75) is 0 Å². The Morgan fingerprint density at radius 3 is 2.75 bits per heavy atom. The van der Waals surface area contributed by atoms with Gasteiger partial charge >= 0.3 is 5.97 Å². The van der Waals surface area contributed by atoms with Gasteiger partial charge < -0.3 is 10.4 Å². The number of nitrogens with one attached hydrogen (secondary N) is 1. The Morgan fingerprint density at radius 2 is 2.25 bits per heavy atom. The van der Waals surface area contributed by atoms with Crippen molar-refractivity contribution in [2.75, 3.05) is 11.2 Å². The van der Waals surface area contributed by atoms with E-state index >= 15 is 0 Å². The van der Waals surface area contributed by atoms with Crippen molar-refractivity contribution in [1.29, 1.82) is 0 Å². The van der Waals surface area contributed by atoms with Crippen LogP contribution in [0.3, 0.4) is 0 Å². The quantitative estimate of drug-likeness (QED) is 0.618. The largest absolute Gasteiger partial charge is 0.478 e. The van der Waals surface area contributed by atoms with Gasteiger partial charge in [-0.15, -0.1) is 11.6 Å². The van der Waals surface area contributed by atoms with Crippen molar-refractivity contribution in [3.63, 3.8) is 0 Å². The summed E-state index contributed by atoms with van der Waals surface area (Å²) in [6.07, 6.45) is 3.94. The van der Waals surface area contributed by atoms with E-state index in [4.69, 9.17) is 16.7 Å². The molecule has 84 valence electrons. The molecule has 1 heterocycles. The molecule has 0 radical (unpaired) electrons. The Hall–Kier alpha value is -1.88. The van der Waals surface area contributed by atoms with Gasteiger partial charge in [0.05, 0.1) is 5.56 Å². The Balaban J connectivity index is 2.65. The van der Waals surface area contributed by atoms with E-state index in [2.05, 4.69) is 10.3 Å². The molecule has 2 N–H and O–H groups in total. The van der Waals surface area contributed by atoms with Crippen LogP contribution in [0, 0.1) is 0 Å². The van der Waals surface area contributed by atoms with Gasteiger partial charge in [-0.25, -0.2) is 9.78 Å². The lowest BCUT2D eigenvalue weighted by atomic mass is 10.3. The third kappa shape index (κ3) is 3.70. The molecule has 0 bridgehead atoms. The average Bonchev–Trinajstić information content (AvgIpc) is 2.27. The minimum absolute atomic E-state index is 0.0642. The minimum Gasteiger partial charge on any atom is -0.478 e. The number of pyridine rings is 1. The molecule has 0 aliphatic carbocycles. The zero-order valence-electron chi connectivity index (χ0n) is 8.18. The molecule has 0 fully saturated rings. The second-order valence-corrected chi connectivity index (χ2v) is 3.09. The first-order valence-electron chi connectivity index (χ1n) is 4.36. The van der Waals surface area contributed by atoms with Gasteiger partial charge in [-0.2, -0.15) is 0 Å². The van der Waals surface area contributed by atoms with Crippen LogP contribution in [-0.2, 0) is 4.79 Å². The van der Waals surface area contributed by atoms with Crippen LogP contribution in [0.4, 0.5) is 5.82 Å². The number of alkyl halides is 1. The van der Waals surface area contributed by atoms with Gasteiger partial charge in [-0.1, -0.05) is 6.08 Å². The van der Waals surface area contributed by atoms with Gasteiger partial charge in [0.1, 0.15) is 5.82 Å². The van der Waals surface area contributed by atoms with E-state index in [1.807, 2.05) is 0 Å². The number of anilines is 1. The summed E-state index contributed by atoms with van der Waals surface area (Å²) in [4.78, 5) is 25.5. The van der Waals surface area contributed by atoms with Gasteiger partial charge in [0, 0.05) is 18.2 Å². The predicted molar refractivity (Wildman–Crippen MR) is 59.7 cm³/mol. The van der Waals surface area contributed by atoms with Gasteiger partial charge in [-0.05, 0) is 12.1 Å². The third-order valence-electron chi connectivity index (χ3n) is 1.62. The molecule has 1 aromatic heterocycles. The summed E-state index contributed by atoms with van der Waals surface area (Å²) in [5.74, 6) is -0.892. The van der Waals surface area contributed by atoms with Crippen molar-refractivity contribution < 1.29 is 14.7 Å². The van der Waals surface area contributed by atoms with E-state index < -0.39 is 5.97 Å². The van der Waals surface area contributed by atoms with Crippen LogP contribution in [0.15, 0.2) is 30.5 Å². The highest BCUT2D eigenvalue weighted by molar-refractivity contribution is 6.19. The zero-order valence-corrected chi connectivity index (χ0v) is 8.94. The van der Waals surface area contributed by atoms with E-state index in [-0.39, 0.29) is 23.2 Å². The molecule has 0 aliphatic rings. The molecule has 0 saturated heterocycles. The van der Waals surface area contributed by atoms with Crippen LogP contribution < -0.4 is 5.32 Å². The Kier molecular flexibility index (Phi) is 4.47. The number of carboxylic acids is 1. The molecule has 0 unspecified atom stereocenters. The van der Waals surface area contributed by atoms with Crippen LogP contribution in [0.25, 0.3) is 0 Å². The maximum atomic E-state index is 11.2. The Bertz CT molecular complexity index is 415. The molecule has 0 spiro atoms. The molecule has 0 atom stereocenters. The predicted octanol–water partition coefficient (Wildman–Crippen LogP) is 1.51. The number of hydrogen-bond acceptors (Lipinski definition) is 3. The number of carboxylic acid groups (broad SMARTS) is 1. The van der Waals surface area contributed by atoms with Crippen molar-refractivity contribution in [2.24, 2.45) is 0 Å². The fraction of sp³-hybridized carbons (Fsp3) is 0.100. The highest BCUT2D eigenvalue weighted by Gasteiger charge is 2.03. The number of aromatic carboxylic acids is 1. The maximum Gasteiger partial charge on any atom is 0.337 e. The Labute approximate surface area is 96.8 Å². The van der Waals surface area contributed by atoms with E-state index in [1.54, 1.807) is 0 Å². The van der Waals surface area contributed by atoms with Crippen molar-refractivity contribution in [3.05, 3.63) is 36.0 Å². The summed E-state index contributed by atoms with van der Waals surface area (Å²) < 4.78 is 0. The third-order valence-corrected chi connectivity index (χ3v) is 1.80. The topological polar surface area (TPSA) is 79.3 Å². The van der Waals surface area contributed by atoms with Gasteiger partial charge in [0.15, 0.2) is 0 Å². The van der Waals surface area contributed by atoms with Crippen molar-refractivity contribution in [1.82, 2.24) is 4.98 Å². The number of hydrogen-bond donors (Lipinski definition) is 2. The number of carbonyl (C=O) groups is 2. The summed E-state index contributed by atoms with van der Waals surface area (Å²) in [6, 6.07) is 2.77. The van der Waals surface area contributed by atoms with E-state index in [1.165, 1.54) is 30.5 Å². The summed E-state index contributed by atoms with van der Waals surface area (Å²) in [5, 5.41) is 11.1. The zero-order chi connectivity index (χ0) is 12.0. The number of nitrogens with zero attached hydrogens (tertiary/aromatic N) is 1. The summed E-state index contributed by atoms with van der Waals surface area (Å²) in [7, 11) is 0. The molecule has 6 heteroatoms. The first-order valence-corrected chi connectivity index (χ1v) is 4.90. The normalized spacial score (nSPS) is 10.3. The average molecular weight is 241 g/mol. The monoisotopic (exact) mass is 240 g/mol. The van der Waals surface area contributed by atoms with Crippen LogP contribution in [0.2, 0.25) is 0 Å². The summed E-state index contributed by atoms with van der Waals surface area (Å²) in [5.41, 5.74) is 0.0642. The SMILES string of the molecule is O=C(/C=C/CCl)Nc1ccc(C(=O)O)cn1. The fourth-order valence-corrected chi connectivity index (χ4v) is 1.00. The number of halogens is 1. The molecular formula is C10H9ClN2O3. The number of aromatic nitrogens is 1. The standard InChI is InChI=1S/C10H9ClN2O3/c11-5-1-2-9(14)13-8-4-3-7(6-12-8)10(15)16/h1-4,6H,5H2,(H,15,16)(H,12,13,14)/b2-1+. The Morgan fingerprint density at radius 1 is 1.50 bits per heavy atom. The van der Waals surface area contributed by atoms with Crippen LogP contribution in [0.5, 0.6) is 0 Å². The van der Waals surface area contributed by atoms with Crippen LogP contribution in [-0.4, -0.2) is 27.8 Å². The lowest BCUT2D eigenvalue weighted by molar-refractivity contribution is -0.111. The number of rotatable bonds is 4. The number of carbonyl (C=O) groups excluding carboxylic acids is 1. The van der Waals surface area contributed by atoms with Crippen molar-refractivity contribution in [3.8, 4) is 0 Å². The van der Waals surface area contributed by atoms with Gasteiger partial charge in [-0.3, -0.25) is 4.79 Å². The first kappa shape index (κ1) is 12.2. The molecule has 0 saturated carbocycles. The molecule has 1 aromatic rings. The smallest absolute Gasteiger partial charge is 0.337 e. The second kappa shape index (κ2) is 5.87. The first-order chi connectivity index (χ1) is 7.63. The molecule has 1 amide bonds. The highest BCUT2D eigenvalue weighted by atomic mass is 35.5. The second-order valence-electron chi connectivity index (χ2n) is 2.78. The molecule has 0 aromatic carbocycles. The molecule has 16 heavy (non-hydrogen) atoms. The van der Waals surface area contributed by atoms with Crippen LogP contribution >= 0.6 is 11.6 Å². The molecule has 0 aliphatic heterocycles. The van der Waals surface area contributed by atoms with Crippen LogP contribution in [0.1, 0.15) is 10.4 Å². The van der Waals surface area contributed by atoms with E-state index in [0.717, 1.165) is 0 Å². The summed E-state index contributed by atoms with van der Waals surface area (Å²) >= 11 is 5.36. The van der Waals surface area contributed by atoms with Gasteiger partial charge in [0.25, 0.3) is 0 Å². The minimum atomic E-state index is -1.06. The van der Waals surface area contributed by atoms with E-state index in [0.29, 0.717) is 0 Å². The lowest BCUT2D eigenvalue weighted by Crippen LogP contribution is -2.09. The number of amides is 1. The van der Waals surface area contributed by atoms with E-state index in [9.17, 15) is 9.59 Å². The molecular weight excluding hydrogens is 232 g/mol. The summed E-state index contributed by atoms with van der Waals surface area (Å²) in [6.45, 7) is 0. The van der Waals surface area contributed by atoms with Crippen molar-refractivity contribution >= 4 is 29.3 Å². The molecule has 5 nitrogen and oxygen atoms in total. The highest BCUT2D eigenvalue weighted by Crippen LogP contribution is 2.04. The lowest BCUT2D eigenvalue weighted by Gasteiger charge is -2.00. The number of allylic oxidation sites excluding steroid dienone is 1. The fourth-order valence-electron chi connectivity index (χ4n) is 0.914. The molecule has 1 rings (SSSR count). The maximum absolute atomic E-state index is 11.2. The van der Waals surface area contributed by atoms with Gasteiger partial charge in [0.2, 0.25) is 5.91 Å².